The van der Waals surface area contributed by atoms with Gasteiger partial charge in [0.15, 0.2) is 0 Å². The van der Waals surface area contributed by atoms with Crippen LogP contribution in [0, 0.1) is 0 Å². The molecule has 1 aliphatic rings. The molecule has 58 valence electrons. The number of anilines is 1. The lowest BCUT2D eigenvalue weighted by atomic mass is 10.3. The summed E-state index contributed by atoms with van der Waals surface area (Å²) in [6.45, 7) is 4.52. The number of benzene rings is 1. The summed E-state index contributed by atoms with van der Waals surface area (Å²) in [5, 5.41) is 0. The minimum Gasteiger partial charge on any atom is -0.362 e. The first kappa shape index (κ1) is 6.71. The van der Waals surface area contributed by atoms with Gasteiger partial charge in [-0.15, -0.1) is 0 Å². The first-order valence-corrected chi connectivity index (χ1v) is 4.14. The maximum Gasteiger partial charge on any atom is 0.0466 e. The fourth-order valence-electron chi connectivity index (χ4n) is 1.57. The molecule has 0 saturated carbocycles. The first-order chi connectivity index (χ1) is 5.30. The normalized spacial score (nSPS) is 28.7. The molecule has 0 amide bonds. The van der Waals surface area contributed by atoms with Gasteiger partial charge in [0.2, 0.25) is 0 Å². The van der Waals surface area contributed by atoms with Gasteiger partial charge in [-0.3, -0.25) is 0 Å². The molecule has 1 aromatic carbocycles. The van der Waals surface area contributed by atoms with E-state index >= 15 is 0 Å². The monoisotopic (exact) mass is 147 g/mol. The third-order valence-electron chi connectivity index (χ3n) is 2.54. The second-order valence-corrected chi connectivity index (χ2v) is 3.22. The van der Waals surface area contributed by atoms with Crippen LogP contribution in [0.1, 0.15) is 13.8 Å². The van der Waals surface area contributed by atoms with Crippen molar-refractivity contribution in [3.8, 4) is 0 Å². The van der Waals surface area contributed by atoms with Crippen LogP contribution in [0.25, 0.3) is 0 Å². The average Bonchev–Trinajstić information content (AvgIpc) is 2.62. The fraction of sp³-hybridized carbons (Fsp3) is 0.400. The Morgan fingerprint density at radius 1 is 1.00 bits per heavy atom. The van der Waals surface area contributed by atoms with Gasteiger partial charge >= 0.3 is 0 Å². The Morgan fingerprint density at radius 3 is 2.00 bits per heavy atom. The molecule has 1 fully saturated rings. The Kier molecular flexibility index (Phi) is 1.38. The van der Waals surface area contributed by atoms with Crippen LogP contribution < -0.4 is 4.90 Å². The molecule has 0 radical (unpaired) electrons. The second-order valence-electron chi connectivity index (χ2n) is 3.22. The van der Waals surface area contributed by atoms with Crippen LogP contribution in [0.15, 0.2) is 30.3 Å². The minimum atomic E-state index is 0.734. The molecular weight excluding hydrogens is 134 g/mol. The Hall–Kier alpha value is -0.980. The zero-order valence-corrected chi connectivity index (χ0v) is 6.99. The fourth-order valence-corrected chi connectivity index (χ4v) is 1.57. The van der Waals surface area contributed by atoms with E-state index in [-0.39, 0.29) is 0 Å². The van der Waals surface area contributed by atoms with Gasteiger partial charge in [-0.1, -0.05) is 18.2 Å². The van der Waals surface area contributed by atoms with Crippen molar-refractivity contribution >= 4 is 5.69 Å². The molecule has 11 heavy (non-hydrogen) atoms. The van der Waals surface area contributed by atoms with Crippen LogP contribution in [0.3, 0.4) is 0 Å². The molecule has 1 nitrogen and oxygen atoms in total. The molecule has 1 aromatic rings. The first-order valence-electron chi connectivity index (χ1n) is 4.14. The summed E-state index contributed by atoms with van der Waals surface area (Å²) >= 11 is 0. The van der Waals surface area contributed by atoms with E-state index in [1.807, 2.05) is 0 Å². The van der Waals surface area contributed by atoms with Crippen LogP contribution in [0.5, 0.6) is 0 Å². The molecule has 2 rings (SSSR count). The second kappa shape index (κ2) is 2.26. The van der Waals surface area contributed by atoms with Crippen molar-refractivity contribution in [2.75, 3.05) is 4.90 Å². The van der Waals surface area contributed by atoms with Crippen LogP contribution in [0.2, 0.25) is 0 Å². The highest BCUT2D eigenvalue weighted by Crippen LogP contribution is 2.33. The number of hydrogen-bond donors (Lipinski definition) is 0. The molecule has 0 spiro atoms. The van der Waals surface area contributed by atoms with Crippen molar-refractivity contribution in [3.05, 3.63) is 30.3 Å². The zero-order chi connectivity index (χ0) is 7.84. The molecule has 1 heteroatoms. The van der Waals surface area contributed by atoms with Gasteiger partial charge in [0.25, 0.3) is 0 Å². The van der Waals surface area contributed by atoms with Crippen LogP contribution in [-0.4, -0.2) is 12.1 Å². The average molecular weight is 147 g/mol. The smallest absolute Gasteiger partial charge is 0.0466 e. The molecule has 0 aromatic heterocycles. The number of hydrogen-bond acceptors (Lipinski definition) is 1. The van der Waals surface area contributed by atoms with E-state index < -0.39 is 0 Å². The van der Waals surface area contributed by atoms with E-state index in [1.54, 1.807) is 0 Å². The van der Waals surface area contributed by atoms with Crippen LogP contribution in [-0.2, 0) is 0 Å². The Bertz CT molecular complexity index is 234. The van der Waals surface area contributed by atoms with Gasteiger partial charge in [-0.2, -0.15) is 0 Å². The standard InChI is InChI=1S/C10H13N/c1-8-9(2)11(8)10-6-4-3-5-7-10/h3-9H,1-2H3. The summed E-state index contributed by atoms with van der Waals surface area (Å²) in [5.41, 5.74) is 1.35. The Balaban J connectivity index is 2.20. The highest BCUT2D eigenvalue weighted by Gasteiger charge is 2.39. The lowest BCUT2D eigenvalue weighted by Gasteiger charge is -2.02. The van der Waals surface area contributed by atoms with E-state index in [0.717, 1.165) is 12.1 Å². The summed E-state index contributed by atoms with van der Waals surface area (Å²) in [4.78, 5) is 2.42. The van der Waals surface area contributed by atoms with Crippen molar-refractivity contribution in [3.63, 3.8) is 0 Å². The quantitative estimate of drug-likeness (QED) is 0.551. The third-order valence-corrected chi connectivity index (χ3v) is 2.54. The molecular formula is C10H13N. The Morgan fingerprint density at radius 2 is 1.55 bits per heavy atom. The van der Waals surface area contributed by atoms with Crippen LogP contribution >= 0.6 is 0 Å². The molecule has 1 heterocycles. The van der Waals surface area contributed by atoms with E-state index in [1.165, 1.54) is 5.69 Å². The lowest BCUT2D eigenvalue weighted by Crippen LogP contribution is -1.95. The molecule has 1 aliphatic heterocycles. The highest BCUT2D eigenvalue weighted by atomic mass is 15.3. The predicted octanol–water partition coefficient (Wildman–Crippen LogP) is 2.28. The molecule has 0 aliphatic carbocycles. The van der Waals surface area contributed by atoms with Gasteiger partial charge in [0.05, 0.1) is 0 Å². The van der Waals surface area contributed by atoms with Gasteiger partial charge in [-0.25, -0.2) is 0 Å². The molecule has 0 N–H and O–H groups in total. The summed E-state index contributed by atoms with van der Waals surface area (Å²) in [5.74, 6) is 0. The van der Waals surface area contributed by atoms with Crippen molar-refractivity contribution < 1.29 is 0 Å². The minimum absolute atomic E-state index is 0.734. The topological polar surface area (TPSA) is 3.01 Å². The number of nitrogens with zero attached hydrogens (tertiary/aromatic N) is 1. The van der Waals surface area contributed by atoms with Crippen LogP contribution in [0.4, 0.5) is 5.69 Å². The maximum absolute atomic E-state index is 2.42. The zero-order valence-electron chi connectivity index (χ0n) is 6.99. The van der Waals surface area contributed by atoms with E-state index in [4.69, 9.17) is 0 Å². The number of para-hydroxylation sites is 1. The van der Waals surface area contributed by atoms with Gasteiger partial charge in [0.1, 0.15) is 0 Å². The lowest BCUT2D eigenvalue weighted by molar-refractivity contribution is 1.05. The van der Waals surface area contributed by atoms with Crippen molar-refractivity contribution in [2.24, 2.45) is 0 Å². The van der Waals surface area contributed by atoms with Gasteiger partial charge in [-0.05, 0) is 26.0 Å². The highest BCUT2D eigenvalue weighted by molar-refractivity contribution is 5.55. The van der Waals surface area contributed by atoms with Crippen molar-refractivity contribution in [2.45, 2.75) is 25.9 Å². The molecule has 0 bridgehead atoms. The summed E-state index contributed by atoms with van der Waals surface area (Å²) in [6, 6.07) is 12.0. The molecule has 2 unspecified atom stereocenters. The summed E-state index contributed by atoms with van der Waals surface area (Å²) < 4.78 is 0. The largest absolute Gasteiger partial charge is 0.362 e. The van der Waals surface area contributed by atoms with E-state index in [2.05, 4.69) is 49.1 Å². The van der Waals surface area contributed by atoms with Crippen molar-refractivity contribution in [1.29, 1.82) is 0 Å². The van der Waals surface area contributed by atoms with E-state index in [9.17, 15) is 0 Å². The Labute approximate surface area is 67.6 Å². The predicted molar refractivity (Wildman–Crippen MR) is 47.8 cm³/mol. The molecule has 2 atom stereocenters. The van der Waals surface area contributed by atoms with Crippen molar-refractivity contribution in [1.82, 2.24) is 0 Å². The van der Waals surface area contributed by atoms with Gasteiger partial charge in [0, 0.05) is 17.8 Å². The molecule has 1 saturated heterocycles. The summed E-state index contributed by atoms with van der Waals surface area (Å²) in [6.07, 6.45) is 0. The number of rotatable bonds is 1. The maximum atomic E-state index is 2.42. The van der Waals surface area contributed by atoms with E-state index in [0.29, 0.717) is 0 Å². The third kappa shape index (κ3) is 1.01. The SMILES string of the molecule is CC1C(C)N1c1ccccc1. The summed E-state index contributed by atoms with van der Waals surface area (Å²) in [7, 11) is 0. The van der Waals surface area contributed by atoms with Gasteiger partial charge < -0.3 is 4.90 Å².